The molecule has 1 amide bonds. The molecule has 0 spiro atoms. The van der Waals surface area contributed by atoms with Crippen molar-refractivity contribution in [2.45, 2.75) is 47.4 Å². The van der Waals surface area contributed by atoms with Crippen molar-refractivity contribution in [1.29, 1.82) is 0 Å². The second-order valence-corrected chi connectivity index (χ2v) is 11.4. The number of nitrogens with zero attached hydrogens (tertiary/aromatic N) is 5. The van der Waals surface area contributed by atoms with Crippen LogP contribution < -0.4 is 19.5 Å². The summed E-state index contributed by atoms with van der Waals surface area (Å²) >= 11 is 0. The van der Waals surface area contributed by atoms with Gasteiger partial charge in [0, 0.05) is 42.0 Å². The summed E-state index contributed by atoms with van der Waals surface area (Å²) < 4.78 is 32.0. The van der Waals surface area contributed by atoms with Crippen LogP contribution in [0.1, 0.15) is 57.3 Å². The van der Waals surface area contributed by atoms with E-state index in [4.69, 9.17) is 28.3 Å². The molecule has 13 nitrogen and oxygen atoms in total. The first kappa shape index (κ1) is 33.8. The number of carbonyl (C=O) groups is 2. The van der Waals surface area contributed by atoms with Crippen LogP contribution in [0.25, 0.3) is 28.3 Å². The highest BCUT2D eigenvalue weighted by Gasteiger charge is 2.30. The Balaban J connectivity index is 1.43. The number of oxazole rings is 1. The van der Waals surface area contributed by atoms with Gasteiger partial charge in [-0.25, -0.2) is 4.79 Å². The Hall–Kier alpha value is -6.11. The van der Waals surface area contributed by atoms with E-state index in [0.29, 0.717) is 57.3 Å². The van der Waals surface area contributed by atoms with Gasteiger partial charge >= 0.3 is 5.97 Å². The van der Waals surface area contributed by atoms with E-state index >= 15 is 0 Å². The number of nitrogens with one attached hydrogen (secondary N) is 1. The average Bonchev–Trinajstić information content (AvgIpc) is 3.82. The monoisotopic (exact) mass is 678 g/mol. The van der Waals surface area contributed by atoms with Gasteiger partial charge in [-0.15, -0.1) is 0 Å². The maximum atomic E-state index is 13.8. The van der Waals surface area contributed by atoms with E-state index in [-0.39, 0.29) is 43.1 Å². The third-order valence-corrected chi connectivity index (χ3v) is 8.10. The summed E-state index contributed by atoms with van der Waals surface area (Å²) in [6.07, 6.45) is 3.25. The van der Waals surface area contributed by atoms with Gasteiger partial charge in [0.1, 0.15) is 23.8 Å². The highest BCUT2D eigenvalue weighted by atomic mass is 16.5. The van der Waals surface area contributed by atoms with Crippen LogP contribution in [0.4, 0.5) is 0 Å². The number of rotatable bonds is 13. The smallest absolute Gasteiger partial charge is 0.378 e. The number of aromatic nitrogens is 5. The minimum atomic E-state index is -0.716. The summed E-state index contributed by atoms with van der Waals surface area (Å²) in [7, 11) is 3.13. The lowest BCUT2D eigenvalue weighted by Crippen LogP contribution is -2.23. The Kier molecular flexibility index (Phi) is 9.84. The zero-order chi connectivity index (χ0) is 35.4. The molecule has 2 aromatic carbocycles. The van der Waals surface area contributed by atoms with E-state index in [2.05, 4.69) is 15.4 Å². The topological polar surface area (TPSA) is 145 Å². The lowest BCUT2D eigenvalue weighted by molar-refractivity contribution is 0.0491. The minimum Gasteiger partial charge on any atom is -0.497 e. The molecule has 1 N–H and O–H groups in total. The van der Waals surface area contributed by atoms with Crippen molar-refractivity contribution in [2.75, 3.05) is 20.8 Å². The van der Waals surface area contributed by atoms with E-state index in [9.17, 15) is 9.59 Å². The first-order valence-electron chi connectivity index (χ1n) is 16.2. The molecule has 13 heteroatoms. The van der Waals surface area contributed by atoms with Gasteiger partial charge in [-0.05, 0) is 51.5 Å². The molecular formula is C37H38N6O7. The Bertz CT molecular complexity index is 2170. The van der Waals surface area contributed by atoms with Crippen LogP contribution in [0.5, 0.6) is 17.2 Å². The van der Waals surface area contributed by atoms with Gasteiger partial charge in [0.25, 0.3) is 17.6 Å². The first-order valence-corrected chi connectivity index (χ1v) is 16.2. The van der Waals surface area contributed by atoms with Gasteiger partial charge in [-0.3, -0.25) is 19.0 Å². The summed E-state index contributed by atoms with van der Waals surface area (Å²) in [5, 5.41) is 8.25. The van der Waals surface area contributed by atoms with Crippen LogP contribution in [-0.4, -0.2) is 57.0 Å². The van der Waals surface area contributed by atoms with Crippen molar-refractivity contribution in [3.8, 4) is 34.7 Å². The van der Waals surface area contributed by atoms with Crippen molar-refractivity contribution in [2.24, 2.45) is 0 Å². The Morgan fingerprint density at radius 3 is 2.52 bits per heavy atom. The number of fused-ring (bicyclic) bond motifs is 1. The van der Waals surface area contributed by atoms with Crippen LogP contribution in [0.3, 0.4) is 0 Å². The normalized spacial score (nSPS) is 11.1. The maximum absolute atomic E-state index is 13.8. The zero-order valence-corrected chi connectivity index (χ0v) is 28.8. The summed E-state index contributed by atoms with van der Waals surface area (Å²) in [6, 6.07) is 17.0. The largest absolute Gasteiger partial charge is 0.497 e. The van der Waals surface area contributed by atoms with E-state index in [1.165, 1.54) is 0 Å². The fourth-order valence-electron chi connectivity index (χ4n) is 5.66. The molecule has 0 unspecified atom stereocenters. The van der Waals surface area contributed by atoms with E-state index in [0.717, 1.165) is 11.1 Å². The third kappa shape index (κ3) is 6.62. The number of methoxy groups -OCH3 is 2. The molecular weight excluding hydrogens is 640 g/mol. The molecule has 0 bridgehead atoms. The van der Waals surface area contributed by atoms with Crippen LogP contribution in [0.2, 0.25) is 0 Å². The van der Waals surface area contributed by atoms with Crippen LogP contribution in [-0.2, 0) is 24.4 Å². The summed E-state index contributed by atoms with van der Waals surface area (Å²) in [5.74, 6) is 0.706. The van der Waals surface area contributed by atoms with Crippen molar-refractivity contribution in [3.05, 3.63) is 101 Å². The molecule has 258 valence electrons. The molecule has 0 aliphatic heterocycles. The number of esters is 1. The molecule has 0 aliphatic rings. The van der Waals surface area contributed by atoms with Crippen molar-refractivity contribution in [3.63, 3.8) is 0 Å². The Morgan fingerprint density at radius 2 is 1.80 bits per heavy atom. The van der Waals surface area contributed by atoms with Crippen LogP contribution in [0, 0.1) is 13.8 Å². The second kappa shape index (κ2) is 14.6. The number of amides is 1. The molecule has 0 radical (unpaired) electrons. The Labute approximate surface area is 288 Å². The molecule has 6 rings (SSSR count). The fraction of sp³-hybridized carbons (Fsp3) is 0.270. The molecule has 0 atom stereocenters. The molecule has 0 saturated carbocycles. The minimum absolute atomic E-state index is 0.105. The van der Waals surface area contributed by atoms with Gasteiger partial charge in [0.15, 0.2) is 17.3 Å². The van der Waals surface area contributed by atoms with E-state index in [1.807, 2.05) is 63.2 Å². The van der Waals surface area contributed by atoms with Gasteiger partial charge in [-0.2, -0.15) is 10.1 Å². The lowest BCUT2D eigenvalue weighted by atomic mass is 10.1. The average molecular weight is 679 g/mol. The molecule has 0 saturated heterocycles. The maximum Gasteiger partial charge on any atom is 0.378 e. The molecule has 6 aromatic rings. The molecule has 0 aliphatic carbocycles. The third-order valence-electron chi connectivity index (χ3n) is 8.10. The van der Waals surface area contributed by atoms with Crippen LogP contribution >= 0.6 is 0 Å². The Morgan fingerprint density at radius 1 is 1.00 bits per heavy atom. The summed E-state index contributed by atoms with van der Waals surface area (Å²) in [4.78, 5) is 36.5. The van der Waals surface area contributed by atoms with E-state index in [1.54, 1.807) is 54.9 Å². The highest BCUT2D eigenvalue weighted by Crippen LogP contribution is 2.37. The SMILES string of the molecule is CCOC(=O)c1oc(-c2c(OCc3ccccc3)c(C)nn2CC)nc1-n1cc(C(=O)NCc2ccc(OC)cc2OC)c2cc(C)ncc21. The van der Waals surface area contributed by atoms with Gasteiger partial charge in [-0.1, -0.05) is 30.3 Å². The van der Waals surface area contributed by atoms with Gasteiger partial charge in [0.05, 0.1) is 38.1 Å². The van der Waals surface area contributed by atoms with Crippen molar-refractivity contribution in [1.82, 2.24) is 29.6 Å². The molecule has 50 heavy (non-hydrogen) atoms. The number of aryl methyl sites for hydroxylation is 3. The molecule has 4 heterocycles. The number of pyridine rings is 1. The lowest BCUT2D eigenvalue weighted by Gasteiger charge is -2.11. The highest BCUT2D eigenvalue weighted by molar-refractivity contribution is 6.07. The van der Waals surface area contributed by atoms with Crippen LogP contribution in [0.15, 0.2) is 71.4 Å². The van der Waals surface area contributed by atoms with Crippen molar-refractivity contribution >= 4 is 22.8 Å². The fourth-order valence-corrected chi connectivity index (χ4v) is 5.66. The summed E-state index contributed by atoms with van der Waals surface area (Å²) in [5.41, 5.74) is 4.42. The second-order valence-electron chi connectivity index (χ2n) is 11.4. The molecule has 4 aromatic heterocycles. The predicted octanol–water partition coefficient (Wildman–Crippen LogP) is 6.22. The molecule has 0 fully saturated rings. The number of hydrogen-bond donors (Lipinski definition) is 1. The predicted molar refractivity (Wildman–Crippen MR) is 185 cm³/mol. The number of benzene rings is 2. The van der Waals surface area contributed by atoms with Gasteiger partial charge in [0.2, 0.25) is 0 Å². The van der Waals surface area contributed by atoms with E-state index < -0.39 is 5.97 Å². The van der Waals surface area contributed by atoms with Gasteiger partial charge < -0.3 is 28.7 Å². The zero-order valence-electron chi connectivity index (χ0n) is 28.8. The number of ether oxygens (including phenoxy) is 4. The number of carbonyl (C=O) groups excluding carboxylic acids is 2. The number of hydrogen-bond acceptors (Lipinski definition) is 10. The van der Waals surface area contributed by atoms with Crippen molar-refractivity contribution < 1.29 is 33.0 Å². The first-order chi connectivity index (χ1) is 24.3. The standard InChI is InChI=1S/C37H38N6O7/c1-7-43-31(32(23(4)41-43)49-21-24-12-10-9-11-13-24)36-40-34(33(50-36)37(45)48-8-2)42-20-28(27-16-22(3)38-19-29(27)42)35(44)39-18-25-14-15-26(46-5)17-30(25)47-6/h9-17,19-20H,7-8,18,21H2,1-6H3,(H,39,44). The summed E-state index contributed by atoms with van der Waals surface area (Å²) in [6.45, 7) is 8.39. The quantitative estimate of drug-likeness (QED) is 0.140.